The number of rotatable bonds is 5. The maximum atomic E-state index is 5.60. The zero-order valence-corrected chi connectivity index (χ0v) is 13.1. The van der Waals surface area contributed by atoms with E-state index in [1.165, 1.54) is 0 Å². The Hall–Kier alpha value is -0.883. The molecule has 0 bridgehead atoms. The minimum Gasteiger partial charge on any atom is -0.360 e. The predicted molar refractivity (Wildman–Crippen MR) is 75.5 cm³/mol. The molecule has 0 aliphatic rings. The summed E-state index contributed by atoms with van der Waals surface area (Å²) in [6, 6.07) is 10.0. The minimum absolute atomic E-state index is 0.171. The van der Waals surface area contributed by atoms with Crippen molar-refractivity contribution in [2.45, 2.75) is 26.3 Å². The third-order valence-electron chi connectivity index (χ3n) is 2.73. The second-order valence-electron chi connectivity index (χ2n) is 4.98. The third-order valence-corrected chi connectivity index (χ3v) is 5.76. The summed E-state index contributed by atoms with van der Waals surface area (Å²) in [7, 11) is 1.99. The van der Waals surface area contributed by atoms with Gasteiger partial charge in [0.1, 0.15) is 0 Å². The fourth-order valence-corrected chi connectivity index (χ4v) is 4.39. The predicted octanol–water partition coefficient (Wildman–Crippen LogP) is 2.67. The van der Waals surface area contributed by atoms with E-state index >= 15 is 0 Å². The van der Waals surface area contributed by atoms with E-state index in [4.69, 9.17) is 13.3 Å². The van der Waals surface area contributed by atoms with Gasteiger partial charge in [-0.1, -0.05) is 18.2 Å². The smallest absolute Gasteiger partial charge is 0.360 e. The maximum absolute atomic E-state index is 5.60. The van der Waals surface area contributed by atoms with E-state index in [0.29, 0.717) is 0 Å². The Balaban J connectivity index is 3.30. The van der Waals surface area contributed by atoms with E-state index in [9.17, 15) is 0 Å². The summed E-state index contributed by atoms with van der Waals surface area (Å²) < 4.78 is 18.9. The van der Waals surface area contributed by atoms with Crippen molar-refractivity contribution in [3.8, 4) is 0 Å². The Morgan fingerprint density at radius 3 is 1.67 bits per heavy atom. The van der Waals surface area contributed by atoms with E-state index in [2.05, 4.69) is 25.3 Å². The molecule has 0 saturated heterocycles. The number of anilines is 1. The van der Waals surface area contributed by atoms with Gasteiger partial charge in [-0.2, -0.15) is 0 Å². The zero-order valence-electron chi connectivity index (χ0n) is 12.1. The lowest BCUT2D eigenvalue weighted by molar-refractivity contribution is 0.114. The van der Waals surface area contributed by atoms with Crippen LogP contribution in [0.25, 0.3) is 0 Å². The van der Waals surface area contributed by atoms with Crippen molar-refractivity contribution >= 4 is 14.7 Å². The number of para-hydroxylation sites is 1. The molecule has 0 heterocycles. The van der Waals surface area contributed by atoms with Gasteiger partial charge in [0.15, 0.2) is 0 Å². The highest BCUT2D eigenvalue weighted by Gasteiger charge is 2.51. The first-order valence-corrected chi connectivity index (χ1v) is 7.59. The largest absolute Gasteiger partial charge is 0.633 e. The lowest BCUT2D eigenvalue weighted by Gasteiger charge is -2.45. The van der Waals surface area contributed by atoms with Gasteiger partial charge in [0.05, 0.1) is 0 Å². The first-order valence-electron chi connectivity index (χ1n) is 5.92. The quantitative estimate of drug-likeness (QED) is 0.769. The van der Waals surface area contributed by atoms with Crippen LogP contribution in [0, 0.1) is 0 Å². The second kappa shape index (κ2) is 5.84. The van der Waals surface area contributed by atoms with Crippen molar-refractivity contribution in [2.24, 2.45) is 0 Å². The summed E-state index contributed by atoms with van der Waals surface area (Å²) in [6.07, 6.45) is 0. The van der Waals surface area contributed by atoms with Crippen LogP contribution in [0.3, 0.4) is 0 Å². The lowest BCUT2D eigenvalue weighted by atomic mass is 10.1. The standard InChI is InChI=1S/C13H23NO3Si/c1-13(2,3)14(12-10-8-7-9-11-12)18(15-4,16-5)17-6/h7-11H,1-6H3. The Kier molecular flexibility index (Phi) is 4.92. The normalized spacial score (nSPS) is 12.6. The molecule has 0 atom stereocenters. The summed E-state index contributed by atoms with van der Waals surface area (Å²) in [5.41, 5.74) is 0.859. The van der Waals surface area contributed by atoms with E-state index in [0.717, 1.165) is 5.69 Å². The fourth-order valence-electron chi connectivity index (χ4n) is 2.06. The van der Waals surface area contributed by atoms with Gasteiger partial charge in [-0.25, -0.2) is 0 Å². The van der Waals surface area contributed by atoms with Crippen molar-refractivity contribution in [1.82, 2.24) is 0 Å². The molecular weight excluding hydrogens is 246 g/mol. The molecule has 0 aliphatic carbocycles. The molecule has 1 aromatic rings. The van der Waals surface area contributed by atoms with Crippen LogP contribution in [0.1, 0.15) is 20.8 Å². The maximum Gasteiger partial charge on any atom is 0.633 e. The van der Waals surface area contributed by atoms with E-state index in [1.54, 1.807) is 21.3 Å². The minimum atomic E-state index is -2.89. The summed E-state index contributed by atoms with van der Waals surface area (Å²) in [5.74, 6) is 0. The first kappa shape index (κ1) is 15.2. The van der Waals surface area contributed by atoms with Crippen LogP contribution in [0.4, 0.5) is 5.69 Å². The molecule has 0 unspecified atom stereocenters. The van der Waals surface area contributed by atoms with Crippen LogP contribution < -0.4 is 4.57 Å². The van der Waals surface area contributed by atoms with Crippen molar-refractivity contribution in [2.75, 3.05) is 25.9 Å². The number of benzene rings is 1. The van der Waals surface area contributed by atoms with Crippen LogP contribution in [0.15, 0.2) is 30.3 Å². The molecule has 0 N–H and O–H groups in total. The summed E-state index contributed by atoms with van der Waals surface area (Å²) in [5, 5.41) is 0. The molecule has 18 heavy (non-hydrogen) atoms. The fraction of sp³-hybridized carbons (Fsp3) is 0.538. The highest BCUT2D eigenvalue weighted by molar-refractivity contribution is 6.65. The van der Waals surface area contributed by atoms with E-state index < -0.39 is 8.97 Å². The molecule has 0 spiro atoms. The van der Waals surface area contributed by atoms with Gasteiger partial charge >= 0.3 is 8.97 Å². The first-order chi connectivity index (χ1) is 8.41. The van der Waals surface area contributed by atoms with Crippen molar-refractivity contribution in [3.63, 3.8) is 0 Å². The molecule has 0 amide bonds. The molecule has 102 valence electrons. The van der Waals surface area contributed by atoms with Gasteiger partial charge in [-0.3, -0.25) is 0 Å². The summed E-state index contributed by atoms with van der Waals surface area (Å²) >= 11 is 0. The number of nitrogens with zero attached hydrogens (tertiary/aromatic N) is 1. The van der Waals surface area contributed by atoms with Gasteiger partial charge in [-0.05, 0) is 32.9 Å². The number of hydrogen-bond donors (Lipinski definition) is 0. The van der Waals surface area contributed by atoms with Crippen LogP contribution in [0.5, 0.6) is 0 Å². The second-order valence-corrected chi connectivity index (χ2v) is 7.70. The molecule has 0 fully saturated rings. The molecule has 0 saturated carbocycles. The van der Waals surface area contributed by atoms with E-state index in [1.807, 2.05) is 30.3 Å². The van der Waals surface area contributed by atoms with Crippen LogP contribution in [-0.4, -0.2) is 35.8 Å². The van der Waals surface area contributed by atoms with Gasteiger partial charge in [0.25, 0.3) is 0 Å². The zero-order chi connectivity index (χ0) is 13.8. The summed E-state index contributed by atoms with van der Waals surface area (Å²) in [6.45, 7) is 6.33. The van der Waals surface area contributed by atoms with Crippen LogP contribution in [-0.2, 0) is 13.3 Å². The lowest BCUT2D eigenvalue weighted by Crippen LogP contribution is -2.66. The van der Waals surface area contributed by atoms with Crippen molar-refractivity contribution < 1.29 is 13.3 Å². The Labute approximate surface area is 111 Å². The average Bonchev–Trinajstić information content (AvgIpc) is 2.35. The average molecular weight is 269 g/mol. The molecule has 1 aromatic carbocycles. The topological polar surface area (TPSA) is 30.9 Å². The van der Waals surface area contributed by atoms with Crippen molar-refractivity contribution in [1.29, 1.82) is 0 Å². The van der Waals surface area contributed by atoms with Gasteiger partial charge in [-0.15, -0.1) is 0 Å². The van der Waals surface area contributed by atoms with Crippen molar-refractivity contribution in [3.05, 3.63) is 30.3 Å². The molecular formula is C13H23NO3Si. The Morgan fingerprint density at radius 1 is 0.889 bits per heavy atom. The van der Waals surface area contributed by atoms with Gasteiger partial charge in [0, 0.05) is 32.6 Å². The van der Waals surface area contributed by atoms with Gasteiger partial charge in [0.2, 0.25) is 0 Å². The Morgan fingerprint density at radius 2 is 1.33 bits per heavy atom. The van der Waals surface area contributed by atoms with Crippen LogP contribution in [0.2, 0.25) is 0 Å². The highest BCUT2D eigenvalue weighted by Crippen LogP contribution is 2.30. The number of hydrogen-bond acceptors (Lipinski definition) is 4. The molecule has 0 aliphatic heterocycles. The summed E-state index contributed by atoms with van der Waals surface area (Å²) in [4.78, 5) is 0. The molecule has 0 aromatic heterocycles. The third kappa shape index (κ3) is 2.92. The molecule has 0 radical (unpaired) electrons. The Bertz CT molecular complexity index is 352. The highest BCUT2D eigenvalue weighted by atomic mass is 28.4. The molecule has 5 heteroatoms. The van der Waals surface area contributed by atoms with E-state index in [-0.39, 0.29) is 5.54 Å². The van der Waals surface area contributed by atoms with Gasteiger partial charge < -0.3 is 17.8 Å². The molecule has 1 rings (SSSR count). The molecule has 4 nitrogen and oxygen atoms in total. The SMILES string of the molecule is CO[Si](OC)(OC)N(c1ccccc1)C(C)(C)C. The van der Waals surface area contributed by atoms with Crippen LogP contribution >= 0.6 is 0 Å². The monoisotopic (exact) mass is 269 g/mol.